The molecule has 0 heterocycles. The third-order valence-electron chi connectivity index (χ3n) is 15.6. The summed E-state index contributed by atoms with van der Waals surface area (Å²) in [5.74, 6) is -0.0367. The van der Waals surface area contributed by atoms with E-state index in [9.17, 15) is 19.8 Å². The molecule has 0 saturated heterocycles. The van der Waals surface area contributed by atoms with Crippen LogP contribution in [0.15, 0.2) is 12.2 Å². The zero-order valence-electron chi connectivity index (χ0n) is 48.9. The molecule has 6 heteroatoms. The van der Waals surface area contributed by atoms with Crippen LogP contribution in [-0.4, -0.2) is 47.4 Å². The van der Waals surface area contributed by atoms with Crippen LogP contribution in [0.25, 0.3) is 0 Å². The van der Waals surface area contributed by atoms with Crippen molar-refractivity contribution in [2.75, 3.05) is 13.2 Å². The predicted molar refractivity (Wildman–Crippen MR) is 315 cm³/mol. The Kier molecular flexibility index (Phi) is 60.9. The first-order valence-corrected chi connectivity index (χ1v) is 32.9. The van der Waals surface area contributed by atoms with Crippen molar-refractivity contribution in [2.45, 2.75) is 386 Å². The summed E-state index contributed by atoms with van der Waals surface area (Å²) in [6.07, 6.45) is 75.2. The van der Waals surface area contributed by atoms with Crippen LogP contribution in [-0.2, 0) is 14.3 Å². The summed E-state index contributed by atoms with van der Waals surface area (Å²) in [6.45, 7) is 4.98. The second-order valence-corrected chi connectivity index (χ2v) is 22.8. The lowest BCUT2D eigenvalue weighted by Crippen LogP contribution is -2.45. The number of hydrogen-bond donors (Lipinski definition) is 3. The van der Waals surface area contributed by atoms with Crippen molar-refractivity contribution in [1.29, 1.82) is 0 Å². The van der Waals surface area contributed by atoms with Gasteiger partial charge in [0.25, 0.3) is 0 Å². The molecule has 0 aromatic heterocycles. The molecule has 72 heavy (non-hydrogen) atoms. The first kappa shape index (κ1) is 70.6. The standard InChI is InChI=1S/C66H129NO5/c1-3-5-7-9-11-13-15-17-19-21-23-28-32-36-40-44-48-52-56-60-66(71)72-61-57-53-49-45-41-37-33-29-25-24-27-31-35-39-43-47-51-55-59-65(70)67-63(62-68)64(69)58-54-50-46-42-38-34-30-26-22-20-18-16-14-12-10-8-6-4-2/h27,31,63-64,68-69H,3-26,28-30,32-62H2,1-2H3,(H,67,70)/b31-27-. The molecule has 0 saturated carbocycles. The summed E-state index contributed by atoms with van der Waals surface area (Å²) < 4.78 is 5.50. The van der Waals surface area contributed by atoms with Gasteiger partial charge in [-0.1, -0.05) is 321 Å². The Morgan fingerprint density at radius 2 is 0.653 bits per heavy atom. The molecule has 1 amide bonds. The molecule has 0 aromatic carbocycles. The van der Waals surface area contributed by atoms with Crippen molar-refractivity contribution in [3.8, 4) is 0 Å². The van der Waals surface area contributed by atoms with Crippen LogP contribution in [0, 0.1) is 0 Å². The zero-order valence-corrected chi connectivity index (χ0v) is 48.9. The van der Waals surface area contributed by atoms with Gasteiger partial charge in [-0.2, -0.15) is 0 Å². The molecule has 0 aliphatic rings. The largest absolute Gasteiger partial charge is 0.466 e. The van der Waals surface area contributed by atoms with E-state index in [1.54, 1.807) is 0 Å². The molecule has 2 atom stereocenters. The predicted octanol–water partition coefficient (Wildman–Crippen LogP) is 20.8. The number of ether oxygens (including phenoxy) is 1. The maximum absolute atomic E-state index is 12.5. The van der Waals surface area contributed by atoms with Gasteiger partial charge in [0.2, 0.25) is 5.91 Å². The van der Waals surface area contributed by atoms with E-state index in [4.69, 9.17) is 4.74 Å². The van der Waals surface area contributed by atoms with E-state index in [1.807, 2.05) is 0 Å². The number of rotatable bonds is 62. The molecule has 0 spiro atoms. The number of carbonyl (C=O) groups is 2. The number of unbranched alkanes of at least 4 members (excludes halogenated alkanes) is 49. The van der Waals surface area contributed by atoms with Crippen molar-refractivity contribution in [3.63, 3.8) is 0 Å². The highest BCUT2D eigenvalue weighted by Crippen LogP contribution is 2.18. The Balaban J connectivity index is 3.41. The van der Waals surface area contributed by atoms with Crippen molar-refractivity contribution in [2.24, 2.45) is 0 Å². The average molecular weight is 1020 g/mol. The van der Waals surface area contributed by atoms with E-state index >= 15 is 0 Å². The SMILES string of the molecule is CCCCCCCCCCCCCCCCCCCCCC(=O)OCCCCCCCCCCC/C=C\CCCCCCCC(=O)NC(CO)C(O)CCCCCCCCCCCCCCCCCCCC. The van der Waals surface area contributed by atoms with Gasteiger partial charge in [0, 0.05) is 12.8 Å². The van der Waals surface area contributed by atoms with Crippen LogP contribution in [0.4, 0.5) is 0 Å². The summed E-state index contributed by atoms with van der Waals surface area (Å²) >= 11 is 0. The van der Waals surface area contributed by atoms with Crippen LogP contribution >= 0.6 is 0 Å². The summed E-state index contributed by atoms with van der Waals surface area (Å²) in [6, 6.07) is -0.551. The van der Waals surface area contributed by atoms with E-state index in [2.05, 4.69) is 31.3 Å². The maximum atomic E-state index is 12.5. The fourth-order valence-corrected chi connectivity index (χ4v) is 10.5. The minimum atomic E-state index is -0.673. The molecular formula is C66H129NO5. The van der Waals surface area contributed by atoms with Crippen LogP contribution in [0.3, 0.4) is 0 Å². The van der Waals surface area contributed by atoms with Crippen molar-refractivity contribution < 1.29 is 24.5 Å². The molecule has 3 N–H and O–H groups in total. The first-order valence-electron chi connectivity index (χ1n) is 32.9. The van der Waals surface area contributed by atoms with Gasteiger partial charge in [-0.3, -0.25) is 9.59 Å². The Bertz CT molecular complexity index is 1080. The fourth-order valence-electron chi connectivity index (χ4n) is 10.5. The van der Waals surface area contributed by atoms with E-state index in [0.29, 0.717) is 25.9 Å². The van der Waals surface area contributed by atoms with Gasteiger partial charge >= 0.3 is 5.97 Å². The van der Waals surface area contributed by atoms with E-state index < -0.39 is 12.1 Å². The average Bonchev–Trinajstić information content (AvgIpc) is 3.38. The lowest BCUT2D eigenvalue weighted by atomic mass is 10.0. The van der Waals surface area contributed by atoms with Gasteiger partial charge < -0.3 is 20.3 Å². The number of nitrogens with one attached hydrogen (secondary N) is 1. The summed E-state index contributed by atoms with van der Waals surface area (Å²) in [7, 11) is 0. The number of amides is 1. The number of carbonyl (C=O) groups excluding carboxylic acids is 2. The third kappa shape index (κ3) is 57.9. The summed E-state index contributed by atoms with van der Waals surface area (Å²) in [5, 5.41) is 23.3. The summed E-state index contributed by atoms with van der Waals surface area (Å²) in [4.78, 5) is 24.6. The Hall–Kier alpha value is -1.40. The quantitative estimate of drug-likeness (QED) is 0.0320. The first-order chi connectivity index (χ1) is 35.5. The van der Waals surface area contributed by atoms with Crippen molar-refractivity contribution in [1.82, 2.24) is 5.32 Å². The number of allylic oxidation sites excluding steroid dienone is 2. The molecule has 428 valence electrons. The minimum absolute atomic E-state index is 0.00884. The number of aliphatic hydroxyl groups is 2. The molecule has 0 fully saturated rings. The van der Waals surface area contributed by atoms with Gasteiger partial charge in [0.15, 0.2) is 0 Å². The molecule has 0 rings (SSSR count). The van der Waals surface area contributed by atoms with Gasteiger partial charge in [0.1, 0.15) is 0 Å². The molecule has 0 bridgehead atoms. The van der Waals surface area contributed by atoms with Gasteiger partial charge in [0.05, 0.1) is 25.4 Å². The highest BCUT2D eigenvalue weighted by atomic mass is 16.5. The van der Waals surface area contributed by atoms with Crippen molar-refractivity contribution >= 4 is 11.9 Å². The lowest BCUT2D eigenvalue weighted by molar-refractivity contribution is -0.143. The summed E-state index contributed by atoms with van der Waals surface area (Å²) in [5.41, 5.74) is 0. The van der Waals surface area contributed by atoms with Gasteiger partial charge in [-0.05, 0) is 51.4 Å². The smallest absolute Gasteiger partial charge is 0.305 e. The lowest BCUT2D eigenvalue weighted by Gasteiger charge is -2.22. The molecule has 0 aliphatic carbocycles. The van der Waals surface area contributed by atoms with E-state index in [1.165, 1.54) is 289 Å². The molecule has 6 nitrogen and oxygen atoms in total. The van der Waals surface area contributed by atoms with Crippen LogP contribution in [0.1, 0.15) is 373 Å². The van der Waals surface area contributed by atoms with E-state index in [0.717, 1.165) is 51.4 Å². The molecule has 0 aliphatic heterocycles. The Morgan fingerprint density at radius 1 is 0.375 bits per heavy atom. The zero-order chi connectivity index (χ0) is 52.2. The third-order valence-corrected chi connectivity index (χ3v) is 15.6. The number of aliphatic hydroxyl groups excluding tert-OH is 2. The topological polar surface area (TPSA) is 95.9 Å². The number of hydrogen-bond acceptors (Lipinski definition) is 5. The van der Waals surface area contributed by atoms with E-state index in [-0.39, 0.29) is 18.5 Å². The second-order valence-electron chi connectivity index (χ2n) is 22.8. The fraction of sp³-hybridized carbons (Fsp3) is 0.939. The van der Waals surface area contributed by atoms with Crippen LogP contribution < -0.4 is 5.32 Å². The number of esters is 1. The molecular weight excluding hydrogens is 887 g/mol. The second kappa shape index (κ2) is 62.1. The highest BCUT2D eigenvalue weighted by Gasteiger charge is 2.20. The molecule has 2 unspecified atom stereocenters. The normalized spacial score (nSPS) is 12.6. The minimum Gasteiger partial charge on any atom is -0.466 e. The Morgan fingerprint density at radius 3 is 0.986 bits per heavy atom. The maximum Gasteiger partial charge on any atom is 0.305 e. The monoisotopic (exact) mass is 1020 g/mol. The van der Waals surface area contributed by atoms with Crippen LogP contribution in [0.5, 0.6) is 0 Å². The Labute approximate surface area is 450 Å². The van der Waals surface area contributed by atoms with Gasteiger partial charge in [-0.15, -0.1) is 0 Å². The molecule has 0 aromatic rings. The van der Waals surface area contributed by atoms with Gasteiger partial charge in [-0.25, -0.2) is 0 Å². The molecule has 0 radical (unpaired) electrons. The highest BCUT2D eigenvalue weighted by molar-refractivity contribution is 5.76. The van der Waals surface area contributed by atoms with Crippen LogP contribution in [0.2, 0.25) is 0 Å². The van der Waals surface area contributed by atoms with Crippen molar-refractivity contribution in [3.05, 3.63) is 12.2 Å².